The van der Waals surface area contributed by atoms with E-state index in [2.05, 4.69) is 10.6 Å². The van der Waals surface area contributed by atoms with Crippen molar-refractivity contribution >= 4 is 38.6 Å². The van der Waals surface area contributed by atoms with Crippen molar-refractivity contribution in [3.8, 4) is 0 Å². The predicted molar refractivity (Wildman–Crippen MR) is 138 cm³/mol. The molecule has 202 valence electrons. The summed E-state index contributed by atoms with van der Waals surface area (Å²) in [5.41, 5.74) is 0.477. The summed E-state index contributed by atoms with van der Waals surface area (Å²) in [6.07, 6.45) is 0.567. The van der Waals surface area contributed by atoms with Crippen LogP contribution in [0.3, 0.4) is 0 Å². The maximum atomic E-state index is 14.7. The number of Topliss-reactive ketones (excluding diaryl/α,β-unsaturated/α-hetero) is 1. The number of carbonyl (C=O) groups is 3. The molecule has 9 nitrogen and oxygen atoms in total. The summed E-state index contributed by atoms with van der Waals surface area (Å²) in [7, 11) is -4.80. The van der Waals surface area contributed by atoms with E-state index in [9.17, 15) is 27.2 Å². The van der Waals surface area contributed by atoms with Gasteiger partial charge in [0, 0.05) is 5.39 Å². The minimum absolute atomic E-state index is 0.0500. The molecule has 0 aliphatic carbocycles. The number of sulfonamides is 1. The number of benzene rings is 2. The van der Waals surface area contributed by atoms with Gasteiger partial charge in [0.15, 0.2) is 11.5 Å². The maximum absolute atomic E-state index is 14.7. The first-order valence-electron chi connectivity index (χ1n) is 12.4. The quantitative estimate of drug-likeness (QED) is 0.447. The van der Waals surface area contributed by atoms with Gasteiger partial charge in [0.25, 0.3) is 21.8 Å². The van der Waals surface area contributed by atoms with Gasteiger partial charge < -0.3 is 15.1 Å². The highest BCUT2D eigenvalue weighted by molar-refractivity contribution is 7.89. The summed E-state index contributed by atoms with van der Waals surface area (Å²) in [6.45, 7) is 3.94. The number of amides is 2. The van der Waals surface area contributed by atoms with Gasteiger partial charge in [-0.05, 0) is 56.0 Å². The molecule has 1 saturated heterocycles. The molecule has 1 aromatic heterocycles. The highest BCUT2D eigenvalue weighted by atomic mass is 32.2. The van der Waals surface area contributed by atoms with E-state index in [1.54, 1.807) is 24.3 Å². The average Bonchev–Trinajstić information content (AvgIpc) is 3.21. The summed E-state index contributed by atoms with van der Waals surface area (Å²) in [5, 5.41) is 6.20. The second kappa shape index (κ2) is 11.4. The second-order valence-corrected chi connectivity index (χ2v) is 11.5. The molecular weight excluding hydrogens is 513 g/mol. The molecule has 0 spiro atoms. The van der Waals surface area contributed by atoms with Crippen molar-refractivity contribution in [3.63, 3.8) is 0 Å². The van der Waals surface area contributed by atoms with Crippen molar-refractivity contribution in [3.05, 3.63) is 66.2 Å². The smallest absolute Gasteiger partial charge is 0.287 e. The molecule has 3 aromatic rings. The van der Waals surface area contributed by atoms with Crippen LogP contribution in [0, 0.1) is 11.7 Å². The zero-order valence-electron chi connectivity index (χ0n) is 21.1. The van der Waals surface area contributed by atoms with Crippen molar-refractivity contribution < 1.29 is 31.6 Å². The Kier molecular flexibility index (Phi) is 8.27. The first-order chi connectivity index (χ1) is 18.1. The Morgan fingerprint density at radius 2 is 1.87 bits per heavy atom. The Morgan fingerprint density at radius 1 is 1.16 bits per heavy atom. The normalized spacial score (nSPS) is 17.3. The lowest BCUT2D eigenvalue weighted by molar-refractivity contribution is -0.135. The zero-order chi connectivity index (χ0) is 27.4. The standard InChI is InChI=1S/C27H30FN3O6S/c1-17(2)14-20(30-26(33)24-15-18-8-3-5-11-23(18)37-24)27(34)31(21-10-7-13-29-16-22(21)32)38(35,36)25-12-6-4-9-19(25)28/h3-6,8-9,11-12,15,17,20-21,29H,7,10,13-14,16H2,1-2H3,(H,30,33)/t20-,21?/m0/s1. The molecule has 2 aromatic carbocycles. The molecule has 0 radical (unpaired) electrons. The molecule has 11 heteroatoms. The fraction of sp³-hybridized carbons (Fsp3) is 0.370. The summed E-state index contributed by atoms with van der Waals surface area (Å²) >= 11 is 0. The molecule has 2 amide bonds. The van der Waals surface area contributed by atoms with E-state index < -0.39 is 50.4 Å². The minimum atomic E-state index is -4.80. The largest absolute Gasteiger partial charge is 0.451 e. The number of hydrogen-bond donors (Lipinski definition) is 2. The van der Waals surface area contributed by atoms with Crippen molar-refractivity contribution in [1.82, 2.24) is 14.9 Å². The van der Waals surface area contributed by atoms with Crippen LogP contribution in [0.1, 0.15) is 43.7 Å². The molecule has 2 atom stereocenters. The van der Waals surface area contributed by atoms with E-state index in [1.165, 1.54) is 18.2 Å². The fourth-order valence-electron chi connectivity index (χ4n) is 4.53. The summed E-state index contributed by atoms with van der Waals surface area (Å²) in [6, 6.07) is 10.5. The highest BCUT2D eigenvalue weighted by Crippen LogP contribution is 2.27. The van der Waals surface area contributed by atoms with Crippen LogP contribution in [0.2, 0.25) is 0 Å². The third kappa shape index (κ3) is 5.78. The zero-order valence-corrected chi connectivity index (χ0v) is 22.0. The van der Waals surface area contributed by atoms with Crippen molar-refractivity contribution in [2.24, 2.45) is 5.92 Å². The summed E-state index contributed by atoms with van der Waals surface area (Å²) in [4.78, 5) is 39.4. The predicted octanol–water partition coefficient (Wildman–Crippen LogP) is 3.26. The Morgan fingerprint density at radius 3 is 2.58 bits per heavy atom. The molecule has 1 fully saturated rings. The second-order valence-electron chi connectivity index (χ2n) is 9.67. The number of rotatable bonds is 8. The molecule has 2 N–H and O–H groups in total. The van der Waals surface area contributed by atoms with Crippen LogP contribution >= 0.6 is 0 Å². The molecule has 2 heterocycles. The van der Waals surface area contributed by atoms with Crippen molar-refractivity contribution in [2.45, 2.75) is 50.1 Å². The number of hydrogen-bond acceptors (Lipinski definition) is 7. The molecule has 0 bridgehead atoms. The van der Waals surface area contributed by atoms with Crippen LogP contribution in [0.15, 0.2) is 63.9 Å². The number of fused-ring (bicyclic) bond motifs is 1. The third-order valence-electron chi connectivity index (χ3n) is 6.34. The first kappa shape index (κ1) is 27.5. The van der Waals surface area contributed by atoms with Gasteiger partial charge in [0.05, 0.1) is 6.54 Å². The van der Waals surface area contributed by atoms with Crippen LogP contribution in [0.5, 0.6) is 0 Å². The Labute approximate surface area is 220 Å². The average molecular weight is 544 g/mol. The van der Waals surface area contributed by atoms with Gasteiger partial charge in [-0.3, -0.25) is 14.4 Å². The van der Waals surface area contributed by atoms with Crippen molar-refractivity contribution in [1.29, 1.82) is 0 Å². The third-order valence-corrected chi connectivity index (χ3v) is 8.17. The fourth-order valence-corrected chi connectivity index (χ4v) is 6.23. The lowest BCUT2D eigenvalue weighted by Gasteiger charge is -2.33. The van der Waals surface area contributed by atoms with Crippen LogP contribution in [0.25, 0.3) is 11.0 Å². The van der Waals surface area contributed by atoms with E-state index in [0.29, 0.717) is 28.2 Å². The molecule has 1 aliphatic rings. The topological polar surface area (TPSA) is 126 Å². The van der Waals surface area contributed by atoms with E-state index >= 15 is 0 Å². The van der Waals surface area contributed by atoms with E-state index in [0.717, 1.165) is 12.1 Å². The van der Waals surface area contributed by atoms with Gasteiger partial charge in [0.1, 0.15) is 28.4 Å². The Balaban J connectivity index is 1.74. The van der Waals surface area contributed by atoms with Crippen LogP contribution < -0.4 is 10.6 Å². The van der Waals surface area contributed by atoms with Gasteiger partial charge in [-0.25, -0.2) is 17.1 Å². The number of carbonyl (C=O) groups excluding carboxylic acids is 3. The van der Waals surface area contributed by atoms with Gasteiger partial charge in [-0.15, -0.1) is 0 Å². The molecule has 38 heavy (non-hydrogen) atoms. The van der Waals surface area contributed by atoms with E-state index in [1.807, 2.05) is 13.8 Å². The molecule has 1 aliphatic heterocycles. The lowest BCUT2D eigenvalue weighted by Crippen LogP contribution is -2.56. The summed E-state index contributed by atoms with van der Waals surface area (Å²) < 4.78 is 48.3. The first-order valence-corrected chi connectivity index (χ1v) is 13.9. The number of furan rings is 1. The van der Waals surface area contributed by atoms with Crippen LogP contribution in [0.4, 0.5) is 4.39 Å². The molecular formula is C27H30FN3O6S. The number of ketones is 1. The van der Waals surface area contributed by atoms with Gasteiger partial charge in [-0.2, -0.15) is 0 Å². The van der Waals surface area contributed by atoms with Crippen LogP contribution in [-0.4, -0.2) is 55.5 Å². The summed E-state index contributed by atoms with van der Waals surface area (Å²) in [5.74, 6) is -3.46. The number of nitrogens with one attached hydrogen (secondary N) is 2. The van der Waals surface area contributed by atoms with E-state index in [-0.39, 0.29) is 31.1 Å². The van der Waals surface area contributed by atoms with Gasteiger partial charge in [0.2, 0.25) is 0 Å². The van der Waals surface area contributed by atoms with Gasteiger partial charge in [-0.1, -0.05) is 44.2 Å². The minimum Gasteiger partial charge on any atom is -0.451 e. The maximum Gasteiger partial charge on any atom is 0.287 e. The van der Waals surface area contributed by atoms with Gasteiger partial charge >= 0.3 is 0 Å². The SMILES string of the molecule is CC(C)C[C@H](NC(=O)c1cc2ccccc2o1)C(=O)N(C1CCCNCC1=O)S(=O)(=O)c1ccccc1F. The van der Waals surface area contributed by atoms with E-state index in [4.69, 9.17) is 4.42 Å². The highest BCUT2D eigenvalue weighted by Gasteiger charge is 2.43. The lowest BCUT2D eigenvalue weighted by atomic mass is 10.0. The molecule has 0 saturated carbocycles. The number of halogens is 1. The monoisotopic (exact) mass is 543 g/mol. The Hall–Kier alpha value is -3.57. The number of para-hydroxylation sites is 1. The molecule has 4 rings (SSSR count). The number of nitrogens with zero attached hydrogens (tertiary/aromatic N) is 1. The van der Waals surface area contributed by atoms with Crippen molar-refractivity contribution in [2.75, 3.05) is 13.1 Å². The Bertz CT molecular complexity index is 1420. The van der Waals surface area contributed by atoms with Crippen LogP contribution in [-0.2, 0) is 19.6 Å². The molecule has 1 unspecified atom stereocenters.